The predicted molar refractivity (Wildman–Crippen MR) is 128 cm³/mol. The fourth-order valence-corrected chi connectivity index (χ4v) is 3.82. The Morgan fingerprint density at radius 3 is 2.03 bits per heavy atom. The zero-order valence-corrected chi connectivity index (χ0v) is 19.4. The third kappa shape index (κ3) is 6.19. The first-order valence-corrected chi connectivity index (χ1v) is 9.86. The van der Waals surface area contributed by atoms with E-state index in [1.807, 2.05) is 19.2 Å². The summed E-state index contributed by atoms with van der Waals surface area (Å²) < 4.78 is 4.89. The zero-order chi connectivity index (χ0) is 19.8. The highest BCUT2D eigenvalue weighted by molar-refractivity contribution is 14.0. The van der Waals surface area contributed by atoms with Gasteiger partial charge >= 0.3 is 5.97 Å². The van der Waals surface area contributed by atoms with Crippen LogP contribution in [0.1, 0.15) is 29.9 Å². The summed E-state index contributed by atoms with van der Waals surface area (Å²) >= 11 is 0. The number of hydrogen-bond donors (Lipinski definition) is 1. The van der Waals surface area contributed by atoms with Gasteiger partial charge in [-0.2, -0.15) is 0 Å². The van der Waals surface area contributed by atoms with Crippen LogP contribution in [0.25, 0.3) is 0 Å². The first kappa shape index (κ1) is 23.2. The largest absolute Gasteiger partial charge is 0.469 e. The molecule has 3 rings (SSSR count). The molecule has 0 aliphatic carbocycles. The highest BCUT2D eigenvalue weighted by Gasteiger charge is 2.27. The Morgan fingerprint density at radius 2 is 1.59 bits per heavy atom. The summed E-state index contributed by atoms with van der Waals surface area (Å²) in [7, 11) is 3.28. The van der Waals surface area contributed by atoms with Crippen LogP contribution in [-0.4, -0.2) is 50.6 Å². The Morgan fingerprint density at radius 1 is 1.07 bits per heavy atom. The molecule has 1 heterocycles. The van der Waals surface area contributed by atoms with E-state index >= 15 is 0 Å². The number of halogens is 1. The zero-order valence-electron chi connectivity index (χ0n) is 17.1. The van der Waals surface area contributed by atoms with Crippen molar-refractivity contribution >= 4 is 35.9 Å². The van der Waals surface area contributed by atoms with Gasteiger partial charge in [0.2, 0.25) is 0 Å². The highest BCUT2D eigenvalue weighted by atomic mass is 127. The number of ether oxygens (including phenoxy) is 1. The highest BCUT2D eigenvalue weighted by Crippen LogP contribution is 2.24. The Bertz CT molecular complexity index is 736. The molecule has 6 heteroatoms. The van der Waals surface area contributed by atoms with Crippen LogP contribution >= 0.6 is 24.0 Å². The number of piperidine rings is 1. The summed E-state index contributed by atoms with van der Waals surface area (Å²) in [6.45, 7) is 2.37. The van der Waals surface area contributed by atoms with Gasteiger partial charge in [-0.3, -0.25) is 9.79 Å². The molecule has 0 unspecified atom stereocenters. The summed E-state index contributed by atoms with van der Waals surface area (Å²) in [5, 5.41) is 3.55. The predicted octanol–water partition coefficient (Wildman–Crippen LogP) is 3.90. The van der Waals surface area contributed by atoms with Crippen molar-refractivity contribution in [1.82, 2.24) is 10.2 Å². The average molecular weight is 507 g/mol. The summed E-state index contributed by atoms with van der Waals surface area (Å²) in [6, 6.07) is 21.1. The van der Waals surface area contributed by atoms with E-state index in [-0.39, 0.29) is 41.8 Å². The molecule has 29 heavy (non-hydrogen) atoms. The number of guanidine groups is 1. The summed E-state index contributed by atoms with van der Waals surface area (Å²) in [5.74, 6) is 1.03. The van der Waals surface area contributed by atoms with Gasteiger partial charge in [-0.25, -0.2) is 0 Å². The molecule has 1 aliphatic rings. The molecule has 1 saturated heterocycles. The fraction of sp³-hybridized carbons (Fsp3) is 0.391. The lowest BCUT2D eigenvalue weighted by atomic mass is 9.91. The second kappa shape index (κ2) is 11.8. The van der Waals surface area contributed by atoms with E-state index in [0.29, 0.717) is 0 Å². The second-order valence-corrected chi connectivity index (χ2v) is 7.09. The maximum atomic E-state index is 11.8. The van der Waals surface area contributed by atoms with Crippen LogP contribution in [0.2, 0.25) is 0 Å². The lowest BCUT2D eigenvalue weighted by Crippen LogP contribution is -2.47. The molecule has 0 radical (unpaired) electrons. The molecule has 0 atom stereocenters. The topological polar surface area (TPSA) is 53.9 Å². The molecule has 0 aromatic heterocycles. The number of benzene rings is 2. The molecule has 1 fully saturated rings. The normalized spacial score (nSPS) is 15.0. The van der Waals surface area contributed by atoms with Crippen LogP contribution in [0.15, 0.2) is 65.7 Å². The standard InChI is InChI=1S/C23H29N3O2.HI/c1-24-23(26-15-13-20(14-16-26)22(27)28-2)25-17-21(18-9-5-3-6-10-18)19-11-7-4-8-12-19;/h3-12,20-21H,13-17H2,1-2H3,(H,24,25);1H. The van der Waals surface area contributed by atoms with E-state index in [1.54, 1.807) is 0 Å². The number of rotatable bonds is 5. The maximum Gasteiger partial charge on any atom is 0.308 e. The molecule has 0 spiro atoms. The van der Waals surface area contributed by atoms with Crippen molar-refractivity contribution in [2.45, 2.75) is 18.8 Å². The van der Waals surface area contributed by atoms with Crippen molar-refractivity contribution in [3.63, 3.8) is 0 Å². The number of nitrogens with one attached hydrogen (secondary N) is 1. The maximum absolute atomic E-state index is 11.8. The third-order valence-corrected chi connectivity index (χ3v) is 5.41. The van der Waals surface area contributed by atoms with Crippen molar-refractivity contribution in [1.29, 1.82) is 0 Å². The number of hydrogen-bond acceptors (Lipinski definition) is 3. The Kier molecular flexibility index (Phi) is 9.44. The van der Waals surface area contributed by atoms with Gasteiger partial charge in [0.25, 0.3) is 0 Å². The van der Waals surface area contributed by atoms with Crippen LogP contribution in [0, 0.1) is 5.92 Å². The Balaban J connectivity index is 0.00000300. The minimum absolute atomic E-state index is 0. The summed E-state index contributed by atoms with van der Waals surface area (Å²) in [5.41, 5.74) is 2.56. The first-order valence-electron chi connectivity index (χ1n) is 9.86. The Labute approximate surface area is 190 Å². The van der Waals surface area contributed by atoms with Gasteiger partial charge in [0.05, 0.1) is 13.0 Å². The van der Waals surface area contributed by atoms with Crippen molar-refractivity contribution in [2.24, 2.45) is 10.9 Å². The van der Waals surface area contributed by atoms with Gasteiger partial charge in [-0.05, 0) is 24.0 Å². The smallest absolute Gasteiger partial charge is 0.308 e. The molecule has 1 N–H and O–H groups in total. The molecule has 2 aromatic carbocycles. The quantitative estimate of drug-likeness (QED) is 0.289. The van der Waals surface area contributed by atoms with Crippen molar-refractivity contribution in [2.75, 3.05) is 33.8 Å². The van der Waals surface area contributed by atoms with E-state index in [2.05, 4.69) is 63.7 Å². The van der Waals surface area contributed by atoms with Gasteiger partial charge in [0.1, 0.15) is 0 Å². The fourth-order valence-electron chi connectivity index (χ4n) is 3.82. The Hall–Kier alpha value is -2.09. The first-order chi connectivity index (χ1) is 13.7. The van der Waals surface area contributed by atoms with E-state index in [1.165, 1.54) is 18.2 Å². The molecule has 1 aliphatic heterocycles. The molecular weight excluding hydrogens is 477 g/mol. The van der Waals surface area contributed by atoms with Crippen LogP contribution in [0.4, 0.5) is 0 Å². The van der Waals surface area contributed by atoms with E-state index in [9.17, 15) is 4.79 Å². The monoisotopic (exact) mass is 507 g/mol. The van der Waals surface area contributed by atoms with Gasteiger partial charge in [-0.15, -0.1) is 24.0 Å². The molecule has 0 saturated carbocycles. The van der Waals surface area contributed by atoms with Crippen LogP contribution in [0.3, 0.4) is 0 Å². The van der Waals surface area contributed by atoms with Crippen molar-refractivity contribution in [3.8, 4) is 0 Å². The van der Waals surface area contributed by atoms with Gasteiger partial charge in [-0.1, -0.05) is 60.7 Å². The lowest BCUT2D eigenvalue weighted by Gasteiger charge is -2.33. The third-order valence-electron chi connectivity index (χ3n) is 5.41. The number of aliphatic imine (C=N–C) groups is 1. The minimum Gasteiger partial charge on any atom is -0.469 e. The number of nitrogens with zero attached hydrogens (tertiary/aromatic N) is 2. The van der Waals surface area contributed by atoms with Crippen LogP contribution in [0.5, 0.6) is 0 Å². The number of carbonyl (C=O) groups is 1. The van der Waals surface area contributed by atoms with Gasteiger partial charge in [0, 0.05) is 32.6 Å². The number of carbonyl (C=O) groups excluding carboxylic acids is 1. The number of esters is 1. The average Bonchev–Trinajstić information content (AvgIpc) is 2.78. The van der Waals surface area contributed by atoms with E-state index < -0.39 is 0 Å². The molecule has 0 bridgehead atoms. The van der Waals surface area contributed by atoms with Crippen LogP contribution in [-0.2, 0) is 9.53 Å². The lowest BCUT2D eigenvalue weighted by molar-refractivity contribution is -0.146. The molecular formula is C23H30IN3O2. The summed E-state index contributed by atoms with van der Waals surface area (Å²) in [4.78, 5) is 18.5. The van der Waals surface area contributed by atoms with Crippen molar-refractivity contribution < 1.29 is 9.53 Å². The van der Waals surface area contributed by atoms with E-state index in [0.717, 1.165) is 38.4 Å². The molecule has 5 nitrogen and oxygen atoms in total. The minimum atomic E-state index is -0.101. The van der Waals surface area contributed by atoms with Gasteiger partial charge in [0.15, 0.2) is 5.96 Å². The van der Waals surface area contributed by atoms with Crippen molar-refractivity contribution in [3.05, 3.63) is 71.8 Å². The summed E-state index contributed by atoms with van der Waals surface area (Å²) in [6.07, 6.45) is 1.60. The SMILES string of the molecule is CN=C(NCC(c1ccccc1)c1ccccc1)N1CCC(C(=O)OC)CC1.I. The molecule has 156 valence electrons. The molecule has 0 amide bonds. The van der Waals surface area contributed by atoms with Gasteiger partial charge < -0.3 is 15.0 Å². The molecule has 2 aromatic rings. The van der Waals surface area contributed by atoms with E-state index in [4.69, 9.17) is 4.74 Å². The van der Waals surface area contributed by atoms with Crippen LogP contribution < -0.4 is 5.32 Å². The number of methoxy groups -OCH3 is 1. The number of likely N-dealkylation sites (tertiary alicyclic amines) is 1. The second-order valence-electron chi connectivity index (χ2n) is 7.09.